The molecule has 2 heterocycles. The van der Waals surface area contributed by atoms with Crippen molar-refractivity contribution >= 4 is 23.4 Å². The molecular formula is C23H26N4O. The van der Waals surface area contributed by atoms with E-state index in [9.17, 15) is 4.79 Å². The number of carbonyl (C=O) groups is 1. The van der Waals surface area contributed by atoms with E-state index < -0.39 is 6.04 Å². The monoisotopic (exact) mass is 374 g/mol. The van der Waals surface area contributed by atoms with Gasteiger partial charge in [0.1, 0.15) is 5.70 Å². The number of hydrogen-bond donors (Lipinski definition) is 2. The highest BCUT2D eigenvalue weighted by atomic mass is 16.2. The number of benzene rings is 1. The second-order valence-electron chi connectivity index (χ2n) is 7.71. The third kappa shape index (κ3) is 4.07. The zero-order valence-electron chi connectivity index (χ0n) is 16.1. The lowest BCUT2D eigenvalue weighted by Gasteiger charge is -2.25. The molecule has 1 unspecified atom stereocenters. The van der Waals surface area contributed by atoms with E-state index in [1.807, 2.05) is 6.07 Å². The Bertz CT molecular complexity index is 884. The molecule has 28 heavy (non-hydrogen) atoms. The SMILES string of the molecule is [C-]#[N+]C1C=NC(C(=O)Nc2ccc(C3CCNCC3)cc2C2=CCCCC2)=C1. The van der Waals surface area contributed by atoms with Crippen LogP contribution in [0.4, 0.5) is 5.69 Å². The number of nitrogens with zero attached hydrogens (tertiary/aromatic N) is 2. The molecule has 0 bridgehead atoms. The summed E-state index contributed by atoms with van der Waals surface area (Å²) in [6.45, 7) is 9.22. The van der Waals surface area contributed by atoms with Crippen LogP contribution in [0.2, 0.25) is 0 Å². The molecule has 0 spiro atoms. The number of hydrogen-bond acceptors (Lipinski definition) is 3. The smallest absolute Gasteiger partial charge is 0.279 e. The second kappa shape index (κ2) is 8.53. The topological polar surface area (TPSA) is 57.9 Å². The first-order valence-corrected chi connectivity index (χ1v) is 10.2. The van der Waals surface area contributed by atoms with Crippen LogP contribution in [0.5, 0.6) is 0 Å². The normalized spacial score (nSPS) is 22.3. The van der Waals surface area contributed by atoms with E-state index in [2.05, 4.69) is 38.7 Å². The van der Waals surface area contributed by atoms with Crippen molar-refractivity contribution in [2.24, 2.45) is 4.99 Å². The highest BCUT2D eigenvalue weighted by Crippen LogP contribution is 2.36. The molecule has 3 aliphatic rings. The van der Waals surface area contributed by atoms with Crippen molar-refractivity contribution in [3.8, 4) is 0 Å². The number of piperidine rings is 1. The molecule has 0 radical (unpaired) electrons. The van der Waals surface area contributed by atoms with E-state index in [0.29, 0.717) is 11.6 Å². The standard InChI is InChI=1S/C23H26N4O/c1-24-19-14-22(26-15-19)23(28)27-21-8-7-18(16-9-11-25-12-10-16)13-20(21)17-5-3-2-4-6-17/h5,7-8,13-16,19,25H,2-4,6,9-12H2,(H,27,28). The van der Waals surface area contributed by atoms with Crippen molar-refractivity contribution in [2.45, 2.75) is 50.5 Å². The molecule has 2 N–H and O–H groups in total. The fourth-order valence-corrected chi connectivity index (χ4v) is 4.22. The largest absolute Gasteiger partial charge is 0.320 e. The van der Waals surface area contributed by atoms with Gasteiger partial charge < -0.3 is 15.5 Å². The van der Waals surface area contributed by atoms with E-state index in [0.717, 1.165) is 50.0 Å². The molecule has 0 aromatic heterocycles. The number of allylic oxidation sites excluding steroid dienone is 2. The lowest BCUT2D eigenvalue weighted by atomic mass is 9.86. The van der Waals surface area contributed by atoms with Gasteiger partial charge >= 0.3 is 0 Å². The number of aliphatic imine (C=N–C) groups is 1. The molecule has 4 rings (SSSR count). The molecule has 1 aromatic carbocycles. The minimum absolute atomic E-state index is 0.241. The second-order valence-corrected chi connectivity index (χ2v) is 7.71. The highest BCUT2D eigenvalue weighted by molar-refractivity contribution is 6.07. The predicted molar refractivity (Wildman–Crippen MR) is 113 cm³/mol. The van der Waals surface area contributed by atoms with E-state index in [-0.39, 0.29) is 5.91 Å². The Morgan fingerprint density at radius 1 is 1.25 bits per heavy atom. The van der Waals surface area contributed by atoms with Crippen LogP contribution in [0.1, 0.15) is 55.6 Å². The molecule has 1 amide bonds. The van der Waals surface area contributed by atoms with E-state index in [1.54, 1.807) is 6.08 Å². The third-order valence-electron chi connectivity index (χ3n) is 5.82. The molecule has 1 atom stereocenters. The summed E-state index contributed by atoms with van der Waals surface area (Å²) in [7, 11) is 0. The van der Waals surface area contributed by atoms with Crippen LogP contribution in [0.3, 0.4) is 0 Å². The van der Waals surface area contributed by atoms with Crippen molar-refractivity contribution in [3.05, 3.63) is 58.6 Å². The summed E-state index contributed by atoms with van der Waals surface area (Å²) >= 11 is 0. The van der Waals surface area contributed by atoms with Gasteiger partial charge in [0.15, 0.2) is 0 Å². The highest BCUT2D eigenvalue weighted by Gasteiger charge is 2.22. The van der Waals surface area contributed by atoms with Crippen molar-refractivity contribution in [2.75, 3.05) is 18.4 Å². The Hall–Kier alpha value is -2.71. The molecule has 1 saturated heterocycles. The molecule has 0 saturated carbocycles. The zero-order valence-corrected chi connectivity index (χ0v) is 16.1. The predicted octanol–water partition coefficient (Wildman–Crippen LogP) is 4.31. The van der Waals surface area contributed by atoms with Crippen LogP contribution in [0.25, 0.3) is 10.4 Å². The van der Waals surface area contributed by atoms with Crippen molar-refractivity contribution in [1.82, 2.24) is 5.32 Å². The third-order valence-corrected chi connectivity index (χ3v) is 5.82. The fourth-order valence-electron chi connectivity index (χ4n) is 4.22. The van der Waals surface area contributed by atoms with Crippen LogP contribution in [-0.2, 0) is 4.79 Å². The van der Waals surface area contributed by atoms with Crippen LogP contribution < -0.4 is 10.6 Å². The van der Waals surface area contributed by atoms with Gasteiger partial charge in [-0.25, -0.2) is 11.6 Å². The summed E-state index contributed by atoms with van der Waals surface area (Å²) in [5.74, 6) is 0.338. The van der Waals surface area contributed by atoms with Crippen LogP contribution in [0.15, 0.2) is 41.0 Å². The van der Waals surface area contributed by atoms with Crippen molar-refractivity contribution in [1.29, 1.82) is 0 Å². The van der Waals surface area contributed by atoms with Gasteiger partial charge in [0.05, 0.1) is 6.21 Å². The van der Waals surface area contributed by atoms with Gasteiger partial charge in [-0.15, -0.1) is 0 Å². The summed E-state index contributed by atoms with van der Waals surface area (Å²) in [5.41, 5.74) is 5.02. The lowest BCUT2D eigenvalue weighted by molar-refractivity contribution is -0.112. The van der Waals surface area contributed by atoms with Crippen molar-refractivity contribution < 1.29 is 4.79 Å². The molecule has 1 fully saturated rings. The summed E-state index contributed by atoms with van der Waals surface area (Å²) in [4.78, 5) is 20.2. The van der Waals surface area contributed by atoms with Gasteiger partial charge in [-0.05, 0) is 80.8 Å². The molecule has 5 nitrogen and oxygen atoms in total. The van der Waals surface area contributed by atoms with Crippen molar-refractivity contribution in [3.63, 3.8) is 0 Å². The zero-order chi connectivity index (χ0) is 19.3. The molecule has 1 aromatic rings. The molecule has 2 aliphatic heterocycles. The maximum absolute atomic E-state index is 12.7. The first kappa shape index (κ1) is 18.6. The summed E-state index contributed by atoms with van der Waals surface area (Å²) < 4.78 is 0. The van der Waals surface area contributed by atoms with Crippen LogP contribution >= 0.6 is 0 Å². The fraction of sp³-hybridized carbons (Fsp3) is 0.435. The lowest BCUT2D eigenvalue weighted by Crippen LogP contribution is -2.26. The average Bonchev–Trinajstić information content (AvgIpc) is 3.25. The quantitative estimate of drug-likeness (QED) is 0.772. The Kier molecular flexibility index (Phi) is 5.68. The minimum Gasteiger partial charge on any atom is -0.320 e. The first-order valence-electron chi connectivity index (χ1n) is 10.2. The molecule has 144 valence electrons. The Labute approximate surface area is 166 Å². The Morgan fingerprint density at radius 2 is 2.11 bits per heavy atom. The summed E-state index contributed by atoms with van der Waals surface area (Å²) in [5, 5.41) is 6.48. The summed E-state index contributed by atoms with van der Waals surface area (Å²) in [6.07, 6.45) is 12.4. The number of carbonyl (C=O) groups excluding carboxylic acids is 1. The Morgan fingerprint density at radius 3 is 2.82 bits per heavy atom. The average molecular weight is 374 g/mol. The van der Waals surface area contributed by atoms with Crippen LogP contribution in [0, 0.1) is 6.57 Å². The first-order chi connectivity index (χ1) is 13.7. The number of amides is 1. The maximum atomic E-state index is 12.7. The molecule has 1 aliphatic carbocycles. The van der Waals surface area contributed by atoms with Gasteiger partial charge in [-0.1, -0.05) is 12.1 Å². The van der Waals surface area contributed by atoms with E-state index >= 15 is 0 Å². The molecule has 5 heteroatoms. The van der Waals surface area contributed by atoms with E-state index in [1.165, 1.54) is 30.2 Å². The number of nitrogens with one attached hydrogen (secondary N) is 2. The number of rotatable bonds is 4. The number of anilines is 1. The Balaban J connectivity index is 1.62. The summed E-state index contributed by atoms with van der Waals surface area (Å²) in [6, 6.07) is 6.07. The van der Waals surface area contributed by atoms with Crippen LogP contribution in [-0.4, -0.2) is 31.3 Å². The minimum atomic E-state index is -0.427. The van der Waals surface area contributed by atoms with Gasteiger partial charge in [0, 0.05) is 17.3 Å². The van der Waals surface area contributed by atoms with Gasteiger partial charge in [-0.3, -0.25) is 4.79 Å². The van der Waals surface area contributed by atoms with Gasteiger partial charge in [-0.2, -0.15) is 0 Å². The van der Waals surface area contributed by atoms with Gasteiger partial charge in [0.25, 0.3) is 11.9 Å². The van der Waals surface area contributed by atoms with E-state index in [4.69, 9.17) is 6.57 Å². The molecular weight excluding hydrogens is 348 g/mol. The maximum Gasteiger partial charge on any atom is 0.279 e. The van der Waals surface area contributed by atoms with Gasteiger partial charge in [0.2, 0.25) is 0 Å².